The minimum atomic E-state index is -3.77. The van der Waals surface area contributed by atoms with E-state index in [1.54, 1.807) is 0 Å². The van der Waals surface area contributed by atoms with Crippen molar-refractivity contribution in [1.82, 2.24) is 10.6 Å². The van der Waals surface area contributed by atoms with Gasteiger partial charge in [-0.3, -0.25) is 4.57 Å². The summed E-state index contributed by atoms with van der Waals surface area (Å²) in [6, 6.07) is 0. The molecule has 0 radical (unpaired) electrons. The van der Waals surface area contributed by atoms with Crippen LogP contribution in [0.1, 0.15) is 0 Å². The van der Waals surface area contributed by atoms with Crippen LogP contribution in [0.2, 0.25) is 0 Å². The first kappa shape index (κ1) is 17.4. The molecule has 5 N–H and O–H groups in total. The van der Waals surface area contributed by atoms with Crippen molar-refractivity contribution < 1.29 is 29.1 Å². The monoisotopic (exact) mass is 378 g/mol. The molecule has 0 amide bonds. The van der Waals surface area contributed by atoms with Gasteiger partial charge < -0.3 is 35.2 Å². The first-order chi connectivity index (χ1) is 9.69. The molecule has 5 atom stereocenters. The number of ether oxygens (including phenoxy) is 1. The largest absolute Gasteiger partial charge is 0.387 e. The predicted octanol–water partition coefficient (Wildman–Crippen LogP) is -0.242. The lowest BCUT2D eigenvalue weighted by molar-refractivity contribution is -0.0109. The zero-order chi connectivity index (χ0) is 15.8. The summed E-state index contributed by atoms with van der Waals surface area (Å²) in [5.74, 6) is 0. The van der Waals surface area contributed by atoms with Gasteiger partial charge in [0.25, 0.3) is 0 Å². The minimum Gasteiger partial charge on any atom is -0.387 e. The Morgan fingerprint density at radius 2 is 2.05 bits per heavy atom. The Morgan fingerprint density at radius 1 is 1.38 bits per heavy atom. The van der Waals surface area contributed by atoms with E-state index in [0.717, 1.165) is 0 Å². The number of aliphatic hydroxyl groups excluding tert-OH is 3. The van der Waals surface area contributed by atoms with Crippen molar-refractivity contribution in [2.24, 2.45) is 0 Å². The van der Waals surface area contributed by atoms with Crippen LogP contribution in [0.5, 0.6) is 0 Å². The Kier molecular flexibility index (Phi) is 5.51. The molecule has 3 unspecified atom stereocenters. The molecule has 0 spiro atoms. The normalized spacial score (nSPS) is 36.9. The van der Waals surface area contributed by atoms with Crippen LogP contribution in [-0.2, 0) is 13.8 Å². The number of hydrogen-bond donors (Lipinski definition) is 5. The number of thiocarbonyl (C=S) groups is 1. The van der Waals surface area contributed by atoms with Crippen LogP contribution in [0.25, 0.3) is 0 Å². The van der Waals surface area contributed by atoms with Crippen molar-refractivity contribution in [2.75, 3.05) is 6.61 Å². The maximum absolute atomic E-state index is 11.1. The average molecular weight is 379 g/mol. The summed E-state index contributed by atoms with van der Waals surface area (Å²) in [5.41, 5.74) is 0.248. The Morgan fingerprint density at radius 3 is 2.62 bits per heavy atom. The molecule has 2 aliphatic heterocycles. The maximum Gasteiger partial charge on any atom is 0.380 e. The standard InChI is InChI=1S/C9H13Cl2N2O6PS/c10-20(11,17)18-2-4-5(14)6(15)7(19-4)3-1-12-9(21)13-8(3)16/h1,4-8,14-16H,2H2,(H2,12,13,21)/t4-,5?,6?,7+,8?/m1/s1. The first-order valence-electron chi connectivity index (χ1n) is 5.79. The van der Waals surface area contributed by atoms with Gasteiger partial charge >= 0.3 is 6.07 Å². The quantitative estimate of drug-likeness (QED) is 0.333. The highest BCUT2D eigenvalue weighted by Gasteiger charge is 2.46. The number of rotatable bonds is 4. The third kappa shape index (κ3) is 4.28. The van der Waals surface area contributed by atoms with E-state index in [0.29, 0.717) is 0 Å². The highest BCUT2D eigenvalue weighted by molar-refractivity contribution is 8.05. The number of halogens is 2. The lowest BCUT2D eigenvalue weighted by Crippen LogP contribution is -2.49. The summed E-state index contributed by atoms with van der Waals surface area (Å²) >= 11 is 15.3. The minimum absolute atomic E-state index is 0.212. The molecule has 12 heteroatoms. The molecule has 0 aromatic heterocycles. The Labute approximate surface area is 135 Å². The van der Waals surface area contributed by atoms with Crippen molar-refractivity contribution in [2.45, 2.75) is 30.6 Å². The lowest BCUT2D eigenvalue weighted by atomic mass is 10.0. The average Bonchev–Trinajstić information content (AvgIpc) is 2.64. The third-order valence-corrected chi connectivity index (χ3v) is 4.30. The first-order valence-corrected chi connectivity index (χ1v) is 9.64. The zero-order valence-corrected chi connectivity index (χ0v) is 13.6. The van der Waals surface area contributed by atoms with Crippen molar-refractivity contribution in [3.8, 4) is 0 Å². The third-order valence-electron chi connectivity index (χ3n) is 3.03. The highest BCUT2D eigenvalue weighted by atomic mass is 35.9. The van der Waals surface area contributed by atoms with Gasteiger partial charge in [-0.1, -0.05) is 0 Å². The molecule has 21 heavy (non-hydrogen) atoms. The number of nitrogens with one attached hydrogen (secondary N) is 2. The van der Waals surface area contributed by atoms with E-state index in [2.05, 4.69) is 15.2 Å². The molecule has 1 saturated heterocycles. The topological polar surface area (TPSA) is 120 Å². The molecule has 0 aromatic rings. The van der Waals surface area contributed by atoms with Gasteiger partial charge in [0.05, 0.1) is 6.61 Å². The fourth-order valence-electron chi connectivity index (χ4n) is 2.04. The van der Waals surface area contributed by atoms with Crippen LogP contribution < -0.4 is 10.6 Å². The van der Waals surface area contributed by atoms with E-state index >= 15 is 0 Å². The molecule has 8 nitrogen and oxygen atoms in total. The Hall–Kier alpha value is 0.0400. The van der Waals surface area contributed by atoms with Crippen LogP contribution in [0.3, 0.4) is 0 Å². The summed E-state index contributed by atoms with van der Waals surface area (Å²) in [4.78, 5) is 0. The van der Waals surface area contributed by atoms with Gasteiger partial charge in [0.15, 0.2) is 11.3 Å². The molecule has 120 valence electrons. The fraction of sp³-hybridized carbons (Fsp3) is 0.667. The van der Waals surface area contributed by atoms with Crippen molar-refractivity contribution in [3.63, 3.8) is 0 Å². The van der Waals surface area contributed by atoms with Crippen LogP contribution in [0, 0.1) is 0 Å². The summed E-state index contributed by atoms with van der Waals surface area (Å²) in [6.45, 7) is -0.373. The van der Waals surface area contributed by atoms with Crippen LogP contribution in [-0.4, -0.2) is 57.7 Å². The Bertz CT molecular complexity index is 503. The van der Waals surface area contributed by atoms with E-state index in [-0.39, 0.29) is 17.3 Å². The zero-order valence-electron chi connectivity index (χ0n) is 10.3. The van der Waals surface area contributed by atoms with Gasteiger partial charge in [-0.05, 0) is 34.7 Å². The smallest absolute Gasteiger partial charge is 0.380 e. The maximum atomic E-state index is 11.1. The lowest BCUT2D eigenvalue weighted by Gasteiger charge is -2.28. The van der Waals surface area contributed by atoms with Gasteiger partial charge in [0, 0.05) is 11.8 Å². The number of aliphatic hydroxyl groups is 3. The second kappa shape index (κ2) is 6.66. The molecule has 2 rings (SSSR count). The van der Waals surface area contributed by atoms with Crippen LogP contribution in [0.4, 0.5) is 0 Å². The SMILES string of the molecule is O=P(Cl)(Cl)OC[C@H]1O[C@@H](C2=CNC(=S)NC2O)C(O)C1O. The summed E-state index contributed by atoms with van der Waals surface area (Å²) in [5, 5.41) is 35.1. The molecule has 0 bridgehead atoms. The van der Waals surface area contributed by atoms with Crippen molar-refractivity contribution in [1.29, 1.82) is 0 Å². The van der Waals surface area contributed by atoms with Gasteiger partial charge in [-0.2, -0.15) is 0 Å². The summed E-state index contributed by atoms with van der Waals surface area (Å²) in [6.07, 6.45) is -8.21. The molecule has 2 aliphatic rings. The fourth-order valence-corrected chi connectivity index (χ4v) is 2.87. The predicted molar refractivity (Wildman–Crippen MR) is 78.9 cm³/mol. The molecule has 2 heterocycles. The molecule has 0 saturated carbocycles. The van der Waals surface area contributed by atoms with E-state index < -0.39 is 36.7 Å². The second-order valence-electron chi connectivity index (χ2n) is 4.45. The van der Waals surface area contributed by atoms with Gasteiger partial charge in [-0.25, -0.2) is 0 Å². The second-order valence-corrected chi connectivity index (χ2v) is 9.14. The van der Waals surface area contributed by atoms with Gasteiger partial charge in [0.1, 0.15) is 24.4 Å². The highest BCUT2D eigenvalue weighted by Crippen LogP contribution is 2.57. The van der Waals surface area contributed by atoms with E-state index in [9.17, 15) is 19.9 Å². The summed E-state index contributed by atoms with van der Waals surface area (Å²) in [7, 11) is 0. The van der Waals surface area contributed by atoms with Crippen molar-refractivity contribution >= 4 is 45.9 Å². The van der Waals surface area contributed by atoms with E-state index in [1.807, 2.05) is 0 Å². The van der Waals surface area contributed by atoms with Gasteiger partial charge in [-0.15, -0.1) is 0 Å². The molecule has 0 aromatic carbocycles. The molecule has 1 fully saturated rings. The van der Waals surface area contributed by atoms with Crippen molar-refractivity contribution in [3.05, 3.63) is 11.8 Å². The summed E-state index contributed by atoms with van der Waals surface area (Å²) < 4.78 is 21.1. The Balaban J connectivity index is 2.06. The van der Waals surface area contributed by atoms with E-state index in [1.165, 1.54) is 6.20 Å². The molecular formula is C9H13Cl2N2O6PS. The molecular weight excluding hydrogens is 366 g/mol. The van der Waals surface area contributed by atoms with E-state index in [4.69, 9.17) is 39.4 Å². The van der Waals surface area contributed by atoms with Crippen LogP contribution >= 0.6 is 40.8 Å². The number of hydrogen-bond acceptors (Lipinski definition) is 7. The van der Waals surface area contributed by atoms with Crippen LogP contribution in [0.15, 0.2) is 11.8 Å². The molecule has 0 aliphatic carbocycles. The van der Waals surface area contributed by atoms with Gasteiger partial charge in [0.2, 0.25) is 0 Å².